The summed E-state index contributed by atoms with van der Waals surface area (Å²) in [6.45, 7) is 8.20. The normalized spacial score (nSPS) is 14.7. The third kappa shape index (κ3) is 2.95. The molecule has 1 fully saturated rings. The number of hydrogen-bond donors (Lipinski definition) is 1. The minimum Gasteiger partial charge on any atom is -0.497 e. The fourth-order valence-corrected chi connectivity index (χ4v) is 4.27. The number of piperazine rings is 1. The lowest BCUT2D eigenvalue weighted by atomic mass is 10.1. The molecule has 1 saturated heterocycles. The molecule has 4 aromatic rings. The van der Waals surface area contributed by atoms with Crippen LogP contribution in [-0.4, -0.2) is 48.2 Å². The number of aromatic amines is 1. The molecule has 2 aromatic carbocycles. The number of aromatic nitrogens is 3. The van der Waals surface area contributed by atoms with E-state index in [0.29, 0.717) is 0 Å². The van der Waals surface area contributed by atoms with Crippen molar-refractivity contribution in [2.75, 3.05) is 43.1 Å². The number of ether oxygens (including phenoxy) is 1. The molecule has 0 atom stereocenters. The Kier molecular flexibility index (Phi) is 4.27. The maximum Gasteiger partial charge on any atom is 0.156 e. The number of nitrogens with one attached hydrogen (secondary N) is 1. The maximum atomic E-state index is 5.36. The lowest BCUT2D eigenvalue weighted by molar-refractivity contribution is 0.415. The summed E-state index contributed by atoms with van der Waals surface area (Å²) < 4.78 is 5.36. The van der Waals surface area contributed by atoms with Crippen LogP contribution in [0.4, 0.5) is 11.5 Å². The lowest BCUT2D eigenvalue weighted by Crippen LogP contribution is -2.47. The van der Waals surface area contributed by atoms with Crippen LogP contribution >= 0.6 is 0 Å². The third-order valence-electron chi connectivity index (χ3n) is 6.06. The zero-order valence-corrected chi connectivity index (χ0v) is 17.1. The molecule has 0 radical (unpaired) electrons. The van der Waals surface area contributed by atoms with Crippen LogP contribution < -0.4 is 14.5 Å². The van der Waals surface area contributed by atoms with E-state index in [-0.39, 0.29) is 0 Å². The van der Waals surface area contributed by atoms with Crippen molar-refractivity contribution in [1.82, 2.24) is 15.0 Å². The summed E-state index contributed by atoms with van der Waals surface area (Å²) in [5, 5.41) is 1.10. The molecule has 0 bridgehead atoms. The van der Waals surface area contributed by atoms with Crippen LogP contribution in [-0.2, 0) is 0 Å². The van der Waals surface area contributed by atoms with Crippen LogP contribution in [0.15, 0.2) is 42.7 Å². The van der Waals surface area contributed by atoms with Crippen LogP contribution in [0.5, 0.6) is 5.75 Å². The number of anilines is 2. The lowest BCUT2D eigenvalue weighted by Gasteiger charge is -2.37. The van der Waals surface area contributed by atoms with Crippen molar-refractivity contribution in [1.29, 1.82) is 0 Å². The molecule has 2 aromatic heterocycles. The predicted octanol–water partition coefficient (Wildman–Crippen LogP) is 4.06. The number of rotatable bonds is 3. The zero-order valence-electron chi connectivity index (χ0n) is 17.1. The molecular formula is C23H25N5O. The monoisotopic (exact) mass is 387 g/mol. The van der Waals surface area contributed by atoms with Gasteiger partial charge in [0.15, 0.2) is 5.82 Å². The Balaban J connectivity index is 1.45. The van der Waals surface area contributed by atoms with E-state index in [4.69, 9.17) is 4.74 Å². The fraction of sp³-hybridized carbons (Fsp3) is 0.304. The Morgan fingerprint density at radius 2 is 1.76 bits per heavy atom. The number of H-pyrrole nitrogens is 1. The van der Waals surface area contributed by atoms with E-state index in [2.05, 4.69) is 62.9 Å². The molecule has 3 heterocycles. The van der Waals surface area contributed by atoms with Crippen LogP contribution in [0.1, 0.15) is 11.1 Å². The number of aryl methyl sites for hydroxylation is 1. The third-order valence-corrected chi connectivity index (χ3v) is 6.06. The van der Waals surface area contributed by atoms with E-state index < -0.39 is 0 Å². The molecule has 1 aliphatic rings. The maximum absolute atomic E-state index is 5.36. The van der Waals surface area contributed by atoms with Crippen LogP contribution in [0.2, 0.25) is 0 Å². The van der Waals surface area contributed by atoms with Crippen LogP contribution in [0.3, 0.4) is 0 Å². The van der Waals surface area contributed by atoms with Crippen molar-refractivity contribution in [3.63, 3.8) is 0 Å². The molecule has 0 unspecified atom stereocenters. The molecule has 6 heteroatoms. The average Bonchev–Trinajstić information content (AvgIpc) is 3.13. The molecule has 6 nitrogen and oxygen atoms in total. The van der Waals surface area contributed by atoms with Gasteiger partial charge in [0.1, 0.15) is 23.1 Å². The second kappa shape index (κ2) is 6.95. The zero-order chi connectivity index (χ0) is 20.0. The SMILES string of the molecule is COc1ccc2c(c1)[nH]c1c(N3CCN(c4cccc(C)c4C)CC3)ncnc12. The second-order valence-corrected chi connectivity index (χ2v) is 7.65. The summed E-state index contributed by atoms with van der Waals surface area (Å²) >= 11 is 0. The highest BCUT2D eigenvalue weighted by Crippen LogP contribution is 2.32. The average molecular weight is 387 g/mol. The Morgan fingerprint density at radius 3 is 2.55 bits per heavy atom. The van der Waals surface area contributed by atoms with Crippen LogP contribution in [0.25, 0.3) is 21.9 Å². The van der Waals surface area contributed by atoms with E-state index in [1.807, 2.05) is 12.1 Å². The van der Waals surface area contributed by atoms with Gasteiger partial charge in [-0.2, -0.15) is 0 Å². The van der Waals surface area contributed by atoms with Gasteiger partial charge >= 0.3 is 0 Å². The minimum atomic E-state index is 0.834. The van der Waals surface area contributed by atoms with E-state index in [1.165, 1.54) is 16.8 Å². The summed E-state index contributed by atoms with van der Waals surface area (Å²) in [6, 6.07) is 12.6. The highest BCUT2D eigenvalue weighted by molar-refractivity contribution is 6.08. The van der Waals surface area contributed by atoms with Gasteiger partial charge in [-0.3, -0.25) is 0 Å². The minimum absolute atomic E-state index is 0.834. The predicted molar refractivity (Wildman–Crippen MR) is 118 cm³/mol. The molecule has 0 aliphatic carbocycles. The standard InChI is InChI=1S/C23H25N5O/c1-15-5-4-6-20(16(15)2)27-9-11-28(12-10-27)23-22-21(24-14-25-23)18-8-7-17(29-3)13-19(18)26-22/h4-8,13-14,26H,9-12H2,1-3H3. The number of nitrogens with zero attached hydrogens (tertiary/aromatic N) is 4. The topological polar surface area (TPSA) is 57.3 Å². The molecule has 1 N–H and O–H groups in total. The van der Waals surface area contributed by atoms with E-state index in [9.17, 15) is 0 Å². The smallest absolute Gasteiger partial charge is 0.156 e. The van der Waals surface area contributed by atoms with Gasteiger partial charge in [0.25, 0.3) is 0 Å². The van der Waals surface area contributed by atoms with Crippen molar-refractivity contribution in [2.24, 2.45) is 0 Å². The first-order valence-electron chi connectivity index (χ1n) is 10.0. The molecule has 5 rings (SSSR count). The number of fused-ring (bicyclic) bond motifs is 3. The first kappa shape index (κ1) is 17.8. The van der Waals surface area contributed by atoms with Crippen molar-refractivity contribution in [3.8, 4) is 5.75 Å². The summed E-state index contributed by atoms with van der Waals surface area (Å²) in [5.41, 5.74) is 7.04. The Labute approximate surface area is 170 Å². The van der Waals surface area contributed by atoms with Crippen molar-refractivity contribution >= 4 is 33.4 Å². The number of methoxy groups -OCH3 is 1. The second-order valence-electron chi connectivity index (χ2n) is 7.65. The Bertz CT molecular complexity index is 1190. The van der Waals surface area contributed by atoms with Gasteiger partial charge in [-0.25, -0.2) is 9.97 Å². The molecule has 29 heavy (non-hydrogen) atoms. The number of hydrogen-bond acceptors (Lipinski definition) is 5. The van der Waals surface area contributed by atoms with Gasteiger partial charge in [-0.05, 0) is 43.2 Å². The first-order chi connectivity index (χ1) is 14.2. The molecular weight excluding hydrogens is 362 g/mol. The quantitative estimate of drug-likeness (QED) is 0.574. The van der Waals surface area contributed by atoms with Gasteiger partial charge in [0, 0.05) is 43.3 Å². The molecule has 1 aliphatic heterocycles. The van der Waals surface area contributed by atoms with Gasteiger partial charge < -0.3 is 19.5 Å². The van der Waals surface area contributed by atoms with Crippen molar-refractivity contribution in [3.05, 3.63) is 53.9 Å². The summed E-state index contributed by atoms with van der Waals surface area (Å²) in [4.78, 5) is 17.5. The highest BCUT2D eigenvalue weighted by atomic mass is 16.5. The van der Waals surface area contributed by atoms with Gasteiger partial charge in [-0.1, -0.05) is 12.1 Å². The summed E-state index contributed by atoms with van der Waals surface area (Å²) in [5.74, 6) is 1.81. The molecule has 0 amide bonds. The Hall–Kier alpha value is -3.28. The van der Waals surface area contributed by atoms with E-state index >= 15 is 0 Å². The highest BCUT2D eigenvalue weighted by Gasteiger charge is 2.22. The van der Waals surface area contributed by atoms with Gasteiger partial charge in [0.2, 0.25) is 0 Å². The van der Waals surface area contributed by atoms with E-state index in [0.717, 1.165) is 59.7 Å². The van der Waals surface area contributed by atoms with Crippen molar-refractivity contribution < 1.29 is 4.74 Å². The largest absolute Gasteiger partial charge is 0.497 e. The van der Waals surface area contributed by atoms with Gasteiger partial charge in [0.05, 0.1) is 12.6 Å². The summed E-state index contributed by atoms with van der Waals surface area (Å²) in [6.07, 6.45) is 1.67. The summed E-state index contributed by atoms with van der Waals surface area (Å²) in [7, 11) is 1.69. The number of benzene rings is 2. The van der Waals surface area contributed by atoms with Gasteiger partial charge in [-0.15, -0.1) is 0 Å². The van der Waals surface area contributed by atoms with Crippen molar-refractivity contribution in [2.45, 2.75) is 13.8 Å². The molecule has 148 valence electrons. The van der Waals surface area contributed by atoms with Crippen LogP contribution in [0, 0.1) is 13.8 Å². The Morgan fingerprint density at radius 1 is 0.966 bits per heavy atom. The first-order valence-corrected chi connectivity index (χ1v) is 10.0. The molecule has 0 spiro atoms. The fourth-order valence-electron chi connectivity index (χ4n) is 4.27. The molecule has 0 saturated carbocycles. The van der Waals surface area contributed by atoms with E-state index in [1.54, 1.807) is 13.4 Å².